The van der Waals surface area contributed by atoms with Crippen molar-refractivity contribution in [2.75, 3.05) is 5.32 Å². The van der Waals surface area contributed by atoms with Gasteiger partial charge in [0, 0.05) is 10.4 Å². The molecule has 0 unspecified atom stereocenters. The molecule has 7 nitrogen and oxygen atoms in total. The molecule has 0 saturated heterocycles. The van der Waals surface area contributed by atoms with Gasteiger partial charge in [-0.3, -0.25) is 9.59 Å². The second kappa shape index (κ2) is 6.62. The molecule has 8 heteroatoms. The van der Waals surface area contributed by atoms with E-state index in [1.165, 1.54) is 35.3 Å². The third kappa shape index (κ3) is 3.04. The fraction of sp³-hybridized carbons (Fsp3) is 0. The van der Waals surface area contributed by atoms with Crippen molar-refractivity contribution in [3.63, 3.8) is 0 Å². The lowest BCUT2D eigenvalue weighted by Gasteiger charge is -2.08. The molecule has 27 heavy (non-hydrogen) atoms. The van der Waals surface area contributed by atoms with Crippen LogP contribution in [0.1, 0.15) is 20.9 Å². The van der Waals surface area contributed by atoms with Crippen LogP contribution in [-0.2, 0) is 0 Å². The number of benzene rings is 2. The van der Waals surface area contributed by atoms with Crippen molar-refractivity contribution in [1.29, 1.82) is 0 Å². The lowest BCUT2D eigenvalue weighted by molar-refractivity contribution is 0.0922. The van der Waals surface area contributed by atoms with Crippen LogP contribution in [0.5, 0.6) is 5.75 Å². The number of phenolic OH excluding ortho intramolecular Hbond substituents is 1. The number of nitrogens with zero attached hydrogens (tertiary/aromatic N) is 2. The van der Waals surface area contributed by atoms with Crippen molar-refractivity contribution in [1.82, 2.24) is 9.78 Å². The Labute approximate surface area is 157 Å². The van der Waals surface area contributed by atoms with E-state index in [-0.39, 0.29) is 17.1 Å². The summed E-state index contributed by atoms with van der Waals surface area (Å²) in [6.07, 6.45) is 2.88. The number of fused-ring (bicyclic) bond motifs is 1. The molecule has 0 aliphatic heterocycles. The molecule has 0 fully saturated rings. The van der Waals surface area contributed by atoms with Gasteiger partial charge in [0.05, 0.1) is 29.2 Å². The highest BCUT2D eigenvalue weighted by Crippen LogP contribution is 2.27. The summed E-state index contributed by atoms with van der Waals surface area (Å²) in [5, 5.41) is 17.6. The number of aromatic hydroxyl groups is 1. The molecule has 0 bridgehead atoms. The molecule has 0 aliphatic carbocycles. The maximum atomic E-state index is 12.5. The summed E-state index contributed by atoms with van der Waals surface area (Å²) in [6.45, 7) is 0. The van der Waals surface area contributed by atoms with Crippen LogP contribution in [0.25, 0.3) is 10.9 Å². The van der Waals surface area contributed by atoms with Crippen LogP contribution in [0, 0.1) is 0 Å². The van der Waals surface area contributed by atoms with Crippen molar-refractivity contribution < 1.29 is 19.1 Å². The Kier molecular flexibility index (Phi) is 4.13. The first-order valence-corrected chi connectivity index (χ1v) is 8.27. The quantitative estimate of drug-likeness (QED) is 0.560. The first-order chi connectivity index (χ1) is 13.0. The highest BCUT2D eigenvalue weighted by Gasteiger charge is 2.18. The monoisotopic (exact) mass is 381 g/mol. The summed E-state index contributed by atoms with van der Waals surface area (Å²) in [4.78, 5) is 25.0. The minimum absolute atomic E-state index is 0.0403. The van der Waals surface area contributed by atoms with Crippen LogP contribution in [0.4, 0.5) is 5.69 Å². The van der Waals surface area contributed by atoms with Gasteiger partial charge in [0.15, 0.2) is 5.76 Å². The van der Waals surface area contributed by atoms with Crippen LogP contribution in [0.15, 0.2) is 65.4 Å². The van der Waals surface area contributed by atoms with Crippen molar-refractivity contribution >= 4 is 40.0 Å². The average Bonchev–Trinajstić information content (AvgIpc) is 3.33. The van der Waals surface area contributed by atoms with Crippen LogP contribution in [0.3, 0.4) is 0 Å². The Bertz CT molecular complexity index is 1170. The van der Waals surface area contributed by atoms with E-state index in [1.54, 1.807) is 30.3 Å². The first-order valence-electron chi connectivity index (χ1n) is 7.89. The van der Waals surface area contributed by atoms with Gasteiger partial charge >= 0.3 is 5.91 Å². The third-order valence-corrected chi connectivity index (χ3v) is 4.22. The van der Waals surface area contributed by atoms with E-state index in [0.717, 1.165) is 0 Å². The van der Waals surface area contributed by atoms with Gasteiger partial charge in [-0.1, -0.05) is 17.7 Å². The summed E-state index contributed by atoms with van der Waals surface area (Å²) in [7, 11) is 0. The van der Waals surface area contributed by atoms with Crippen molar-refractivity contribution in [3.8, 4) is 5.75 Å². The number of nitrogens with one attached hydrogen (secondary N) is 1. The van der Waals surface area contributed by atoms with Crippen molar-refractivity contribution in [3.05, 3.63) is 77.3 Å². The van der Waals surface area contributed by atoms with Gasteiger partial charge in [-0.05, 0) is 42.5 Å². The number of carbonyl (C=O) groups is 2. The van der Waals surface area contributed by atoms with Gasteiger partial charge in [0.25, 0.3) is 5.91 Å². The van der Waals surface area contributed by atoms with Crippen LogP contribution >= 0.6 is 11.6 Å². The van der Waals surface area contributed by atoms with Gasteiger partial charge in [-0.15, -0.1) is 0 Å². The standard InChI is InChI=1S/C19H12ClN3O4/c20-11-6-7-16(24)12(9-11)18(25)22-14-3-1-4-15-13(14)10-21-23(15)19(26)17-5-2-8-27-17/h1-10,24H,(H,22,25). The Morgan fingerprint density at radius 3 is 2.78 bits per heavy atom. The third-order valence-electron chi connectivity index (χ3n) is 3.99. The topological polar surface area (TPSA) is 97.4 Å². The van der Waals surface area contributed by atoms with E-state index in [9.17, 15) is 14.7 Å². The Morgan fingerprint density at radius 2 is 2.00 bits per heavy atom. The summed E-state index contributed by atoms with van der Waals surface area (Å²) in [6, 6.07) is 12.4. The number of amides is 1. The highest BCUT2D eigenvalue weighted by atomic mass is 35.5. The molecule has 0 saturated carbocycles. The Morgan fingerprint density at radius 1 is 1.15 bits per heavy atom. The number of hydrogen-bond acceptors (Lipinski definition) is 5. The number of carbonyl (C=O) groups excluding carboxylic acids is 2. The van der Waals surface area contributed by atoms with Gasteiger partial charge in [0.1, 0.15) is 5.75 Å². The fourth-order valence-electron chi connectivity index (χ4n) is 2.71. The zero-order valence-electron chi connectivity index (χ0n) is 13.7. The summed E-state index contributed by atoms with van der Waals surface area (Å²) in [5.41, 5.74) is 0.985. The minimum atomic E-state index is -0.535. The molecule has 0 atom stereocenters. The van der Waals surface area contributed by atoms with E-state index < -0.39 is 11.8 Å². The number of anilines is 1. The average molecular weight is 382 g/mol. The highest BCUT2D eigenvalue weighted by molar-refractivity contribution is 6.31. The predicted octanol–water partition coefficient (Wildman–Crippen LogP) is 3.93. The second-order valence-corrected chi connectivity index (χ2v) is 6.13. The molecule has 1 amide bonds. The molecule has 2 aromatic heterocycles. The van der Waals surface area contributed by atoms with Crippen LogP contribution < -0.4 is 5.32 Å². The van der Waals surface area contributed by atoms with Gasteiger partial charge in [-0.25, -0.2) is 0 Å². The number of halogens is 1. The number of phenols is 1. The zero-order valence-corrected chi connectivity index (χ0v) is 14.5. The molecule has 2 N–H and O–H groups in total. The fourth-order valence-corrected chi connectivity index (χ4v) is 2.88. The molecule has 0 spiro atoms. The van der Waals surface area contributed by atoms with E-state index in [0.29, 0.717) is 21.6 Å². The van der Waals surface area contributed by atoms with Crippen LogP contribution in [-0.4, -0.2) is 26.7 Å². The molecule has 2 heterocycles. The van der Waals surface area contributed by atoms with E-state index in [2.05, 4.69) is 10.4 Å². The largest absolute Gasteiger partial charge is 0.507 e. The SMILES string of the molecule is O=C(Nc1cccc2c1cnn2C(=O)c1ccco1)c1cc(Cl)ccc1O. The van der Waals surface area contributed by atoms with Crippen molar-refractivity contribution in [2.45, 2.75) is 0 Å². The summed E-state index contributed by atoms with van der Waals surface area (Å²) in [5.74, 6) is -0.996. The normalized spacial score (nSPS) is 10.9. The van der Waals surface area contributed by atoms with Gasteiger partial charge in [-0.2, -0.15) is 9.78 Å². The first kappa shape index (κ1) is 16.9. The molecule has 4 rings (SSSR count). The maximum Gasteiger partial charge on any atom is 0.314 e. The number of hydrogen-bond donors (Lipinski definition) is 2. The van der Waals surface area contributed by atoms with Crippen molar-refractivity contribution in [2.24, 2.45) is 0 Å². The summed E-state index contributed by atoms with van der Waals surface area (Å²) < 4.78 is 6.32. The van der Waals surface area contributed by atoms with Gasteiger partial charge in [0.2, 0.25) is 0 Å². The Hall–Kier alpha value is -3.58. The smallest absolute Gasteiger partial charge is 0.314 e. The molecule has 0 radical (unpaired) electrons. The minimum Gasteiger partial charge on any atom is -0.507 e. The maximum absolute atomic E-state index is 12.5. The zero-order chi connectivity index (χ0) is 19.0. The van der Waals surface area contributed by atoms with Gasteiger partial charge < -0.3 is 14.8 Å². The molecule has 134 valence electrons. The molecule has 0 aliphatic rings. The van der Waals surface area contributed by atoms with E-state index in [4.69, 9.17) is 16.0 Å². The van der Waals surface area contributed by atoms with Crippen LogP contribution in [0.2, 0.25) is 5.02 Å². The number of rotatable bonds is 3. The van der Waals surface area contributed by atoms with E-state index >= 15 is 0 Å². The lowest BCUT2D eigenvalue weighted by Crippen LogP contribution is -2.13. The second-order valence-electron chi connectivity index (χ2n) is 5.69. The number of furan rings is 1. The Balaban J connectivity index is 1.70. The molecule has 2 aromatic carbocycles. The number of aromatic nitrogens is 2. The molecule has 4 aromatic rings. The van der Waals surface area contributed by atoms with E-state index in [1.807, 2.05) is 0 Å². The summed E-state index contributed by atoms with van der Waals surface area (Å²) >= 11 is 5.90. The lowest BCUT2D eigenvalue weighted by atomic mass is 10.1. The molecular weight excluding hydrogens is 370 g/mol. The predicted molar refractivity (Wildman–Crippen MR) is 99.2 cm³/mol. The molecular formula is C19H12ClN3O4.